The van der Waals surface area contributed by atoms with E-state index in [4.69, 9.17) is 0 Å². The number of anilines is 2. The topological polar surface area (TPSA) is 75.3 Å². The zero-order chi connectivity index (χ0) is 22.6. The smallest absolute Gasteiger partial charge is 0.308 e. The van der Waals surface area contributed by atoms with Crippen molar-refractivity contribution in [1.29, 1.82) is 0 Å². The first-order chi connectivity index (χ1) is 14.5. The summed E-state index contributed by atoms with van der Waals surface area (Å²) in [5, 5.41) is 4.92. The highest BCUT2D eigenvalue weighted by Crippen LogP contribution is 2.30. The number of carbonyl (C=O) groups is 1. The molecular weight excluding hydrogens is 429 g/mol. The van der Waals surface area contributed by atoms with E-state index in [0.717, 1.165) is 24.3 Å². The standard InChI is InChI=1S/C22H19F3N2O3S/c1-15-7-10-19(13-20(15)31(29,30)14-16-5-3-2-4-6-16)27-21(28)26-18-11-8-17(9-12-18)22(23,24)25/h2-13H,14H2,1H3,(H2,26,27,28). The van der Waals surface area contributed by atoms with Gasteiger partial charge < -0.3 is 10.6 Å². The largest absolute Gasteiger partial charge is 0.416 e. The lowest BCUT2D eigenvalue weighted by molar-refractivity contribution is -0.137. The third-order valence-corrected chi connectivity index (χ3v) is 6.27. The molecule has 5 nitrogen and oxygen atoms in total. The molecular formula is C22H19F3N2O3S. The van der Waals surface area contributed by atoms with Crippen LogP contribution in [-0.4, -0.2) is 14.4 Å². The van der Waals surface area contributed by atoms with E-state index in [-0.39, 0.29) is 22.0 Å². The van der Waals surface area contributed by atoms with Crippen LogP contribution in [0.3, 0.4) is 0 Å². The second-order valence-corrected chi connectivity index (χ2v) is 8.84. The molecule has 2 amide bonds. The van der Waals surface area contributed by atoms with E-state index in [1.54, 1.807) is 49.4 Å². The van der Waals surface area contributed by atoms with Crippen LogP contribution in [0.1, 0.15) is 16.7 Å². The molecule has 0 bridgehead atoms. The van der Waals surface area contributed by atoms with Crippen LogP contribution < -0.4 is 10.6 Å². The summed E-state index contributed by atoms with van der Waals surface area (Å²) in [5.41, 5.74) is 0.742. The van der Waals surface area contributed by atoms with Gasteiger partial charge in [-0.2, -0.15) is 13.2 Å². The van der Waals surface area contributed by atoms with Gasteiger partial charge in [-0.25, -0.2) is 13.2 Å². The monoisotopic (exact) mass is 448 g/mol. The molecule has 31 heavy (non-hydrogen) atoms. The van der Waals surface area contributed by atoms with Crippen molar-refractivity contribution in [3.05, 3.63) is 89.5 Å². The number of urea groups is 1. The first kappa shape index (κ1) is 22.4. The van der Waals surface area contributed by atoms with Crippen molar-refractivity contribution < 1.29 is 26.4 Å². The van der Waals surface area contributed by atoms with E-state index >= 15 is 0 Å². The van der Waals surface area contributed by atoms with Crippen LogP contribution in [0.5, 0.6) is 0 Å². The summed E-state index contributed by atoms with van der Waals surface area (Å²) in [7, 11) is -3.66. The molecule has 0 saturated heterocycles. The number of hydrogen-bond acceptors (Lipinski definition) is 3. The summed E-state index contributed by atoms with van der Waals surface area (Å²) in [6.45, 7) is 1.66. The normalized spacial score (nSPS) is 11.7. The Morgan fingerprint density at radius 2 is 1.45 bits per heavy atom. The van der Waals surface area contributed by atoms with Crippen molar-refractivity contribution in [1.82, 2.24) is 0 Å². The molecule has 3 rings (SSSR count). The number of amides is 2. The van der Waals surface area contributed by atoms with E-state index in [1.807, 2.05) is 0 Å². The predicted molar refractivity (Wildman–Crippen MR) is 113 cm³/mol. The first-order valence-corrected chi connectivity index (χ1v) is 10.8. The summed E-state index contributed by atoms with van der Waals surface area (Å²) in [6.07, 6.45) is -4.47. The average Bonchev–Trinajstić information content (AvgIpc) is 2.69. The zero-order valence-corrected chi connectivity index (χ0v) is 17.2. The maximum absolute atomic E-state index is 12.8. The maximum Gasteiger partial charge on any atom is 0.416 e. The zero-order valence-electron chi connectivity index (χ0n) is 16.4. The van der Waals surface area contributed by atoms with Gasteiger partial charge in [-0.05, 0) is 54.4 Å². The fraction of sp³-hybridized carbons (Fsp3) is 0.136. The molecule has 0 atom stereocenters. The molecule has 3 aromatic carbocycles. The van der Waals surface area contributed by atoms with Crippen molar-refractivity contribution in [2.75, 3.05) is 10.6 Å². The Labute approximate surface area is 177 Å². The van der Waals surface area contributed by atoms with Gasteiger partial charge in [0.25, 0.3) is 0 Å². The predicted octanol–water partition coefficient (Wildman–Crippen LogP) is 5.63. The molecule has 3 aromatic rings. The van der Waals surface area contributed by atoms with Gasteiger partial charge in [0.05, 0.1) is 16.2 Å². The van der Waals surface area contributed by atoms with Crippen molar-refractivity contribution in [2.45, 2.75) is 23.7 Å². The van der Waals surface area contributed by atoms with Crippen LogP contribution in [0, 0.1) is 6.92 Å². The van der Waals surface area contributed by atoms with Gasteiger partial charge in [0, 0.05) is 11.4 Å². The van der Waals surface area contributed by atoms with Crippen LogP contribution in [0.2, 0.25) is 0 Å². The van der Waals surface area contributed by atoms with Gasteiger partial charge in [0.1, 0.15) is 0 Å². The van der Waals surface area contributed by atoms with Gasteiger partial charge in [-0.1, -0.05) is 36.4 Å². The van der Waals surface area contributed by atoms with Crippen LogP contribution >= 0.6 is 0 Å². The molecule has 0 aliphatic carbocycles. The highest BCUT2D eigenvalue weighted by atomic mass is 32.2. The highest BCUT2D eigenvalue weighted by molar-refractivity contribution is 7.90. The van der Waals surface area contributed by atoms with E-state index in [9.17, 15) is 26.4 Å². The lowest BCUT2D eigenvalue weighted by Crippen LogP contribution is -2.20. The molecule has 9 heteroatoms. The number of hydrogen-bond donors (Lipinski definition) is 2. The van der Waals surface area contributed by atoms with Crippen LogP contribution in [0.25, 0.3) is 0 Å². The molecule has 162 valence electrons. The Morgan fingerprint density at radius 3 is 2.06 bits per heavy atom. The summed E-state index contributed by atoms with van der Waals surface area (Å²) >= 11 is 0. The molecule has 0 aliphatic rings. The summed E-state index contributed by atoms with van der Waals surface area (Å²) < 4.78 is 63.6. The number of carbonyl (C=O) groups excluding carboxylic acids is 1. The minimum atomic E-state index is -4.47. The highest BCUT2D eigenvalue weighted by Gasteiger charge is 2.30. The van der Waals surface area contributed by atoms with Crippen molar-refractivity contribution in [3.8, 4) is 0 Å². The molecule has 0 aliphatic heterocycles. The van der Waals surface area contributed by atoms with Crippen LogP contribution in [-0.2, 0) is 21.8 Å². The third kappa shape index (κ3) is 5.85. The van der Waals surface area contributed by atoms with Gasteiger partial charge in [-0.3, -0.25) is 0 Å². The Kier molecular flexibility index (Phi) is 6.35. The van der Waals surface area contributed by atoms with Crippen LogP contribution in [0.4, 0.5) is 29.3 Å². The van der Waals surface area contributed by atoms with E-state index < -0.39 is 27.6 Å². The van der Waals surface area contributed by atoms with Crippen molar-refractivity contribution in [3.63, 3.8) is 0 Å². The number of halogens is 3. The van der Waals surface area contributed by atoms with E-state index in [1.165, 1.54) is 6.07 Å². The molecule has 0 spiro atoms. The summed E-state index contributed by atoms with van der Waals surface area (Å²) in [6, 6.07) is 16.5. The SMILES string of the molecule is Cc1ccc(NC(=O)Nc2ccc(C(F)(F)F)cc2)cc1S(=O)(=O)Cc1ccccc1. The molecule has 2 N–H and O–H groups in total. The average molecular weight is 448 g/mol. The minimum absolute atomic E-state index is 0.0867. The number of benzene rings is 3. The Morgan fingerprint density at radius 1 is 0.871 bits per heavy atom. The lowest BCUT2D eigenvalue weighted by atomic mass is 10.2. The molecule has 0 aromatic heterocycles. The van der Waals surface area contributed by atoms with Gasteiger partial charge in [0.15, 0.2) is 9.84 Å². The number of nitrogens with one attached hydrogen (secondary N) is 2. The first-order valence-electron chi connectivity index (χ1n) is 9.17. The fourth-order valence-electron chi connectivity index (χ4n) is 2.92. The summed E-state index contributed by atoms with van der Waals surface area (Å²) in [5.74, 6) is -0.185. The number of alkyl halides is 3. The second-order valence-electron chi connectivity index (χ2n) is 6.88. The Hall–Kier alpha value is -3.33. The van der Waals surface area contributed by atoms with Gasteiger partial charge >= 0.3 is 12.2 Å². The molecule has 0 fully saturated rings. The Bertz CT molecular complexity index is 1180. The molecule has 0 saturated carbocycles. The van der Waals surface area contributed by atoms with Crippen molar-refractivity contribution in [2.24, 2.45) is 0 Å². The van der Waals surface area contributed by atoms with Crippen LogP contribution in [0.15, 0.2) is 77.7 Å². The fourth-order valence-corrected chi connectivity index (χ4v) is 4.57. The lowest BCUT2D eigenvalue weighted by Gasteiger charge is -2.12. The quantitative estimate of drug-likeness (QED) is 0.531. The number of rotatable bonds is 5. The number of sulfone groups is 1. The Balaban J connectivity index is 1.73. The van der Waals surface area contributed by atoms with Gasteiger partial charge in [-0.15, -0.1) is 0 Å². The van der Waals surface area contributed by atoms with E-state index in [0.29, 0.717) is 11.1 Å². The molecule has 0 radical (unpaired) electrons. The minimum Gasteiger partial charge on any atom is -0.308 e. The third-order valence-electron chi connectivity index (χ3n) is 4.45. The molecule has 0 unspecified atom stereocenters. The number of aryl methyl sites for hydroxylation is 1. The van der Waals surface area contributed by atoms with Crippen molar-refractivity contribution >= 4 is 27.2 Å². The van der Waals surface area contributed by atoms with Gasteiger partial charge in [0.2, 0.25) is 0 Å². The maximum atomic E-state index is 12.8. The second kappa shape index (κ2) is 8.81. The summed E-state index contributed by atoms with van der Waals surface area (Å²) in [4.78, 5) is 12.3. The molecule has 0 heterocycles. The van der Waals surface area contributed by atoms with E-state index in [2.05, 4.69) is 10.6 Å².